The third-order valence-corrected chi connectivity index (χ3v) is 5.90. The van der Waals surface area contributed by atoms with Crippen LogP contribution in [0.2, 0.25) is 0 Å². The number of nitrogens with zero attached hydrogens (tertiary/aromatic N) is 4. The van der Waals surface area contributed by atoms with Crippen LogP contribution in [0.25, 0.3) is 21.4 Å². The molecule has 0 atom stereocenters. The van der Waals surface area contributed by atoms with E-state index in [1.165, 1.54) is 0 Å². The molecule has 1 aromatic carbocycles. The van der Waals surface area contributed by atoms with Crippen LogP contribution in [0.5, 0.6) is 0 Å². The zero-order valence-corrected chi connectivity index (χ0v) is 17.6. The van der Waals surface area contributed by atoms with Crippen LogP contribution >= 0.6 is 11.3 Å². The molecule has 0 aliphatic heterocycles. The summed E-state index contributed by atoms with van der Waals surface area (Å²) in [7, 11) is 0. The summed E-state index contributed by atoms with van der Waals surface area (Å²) in [4.78, 5) is 36.4. The van der Waals surface area contributed by atoms with Crippen LogP contribution < -0.4 is 16.6 Å². The number of nitrogens with one attached hydrogen (secondary N) is 2. The van der Waals surface area contributed by atoms with E-state index >= 15 is 0 Å². The lowest BCUT2D eigenvalue weighted by Gasteiger charge is -2.08. The molecule has 0 saturated heterocycles. The molecule has 0 amide bonds. The SMILES string of the molecule is CCCCn1c(=O)[nH]c(=O)c2c1nc(CNc1ccc3nc(C)sc3c1)n2CC. The van der Waals surface area contributed by atoms with Crippen LogP contribution in [0, 0.1) is 6.92 Å². The molecule has 0 saturated carbocycles. The van der Waals surface area contributed by atoms with Gasteiger partial charge in [0, 0.05) is 18.8 Å². The number of anilines is 1. The number of hydrogen-bond acceptors (Lipinski definition) is 6. The molecule has 0 aliphatic carbocycles. The summed E-state index contributed by atoms with van der Waals surface area (Å²) in [6.45, 7) is 7.62. The number of aromatic nitrogens is 5. The zero-order valence-electron chi connectivity index (χ0n) is 16.8. The highest BCUT2D eigenvalue weighted by molar-refractivity contribution is 7.18. The quantitative estimate of drug-likeness (QED) is 0.486. The maximum absolute atomic E-state index is 12.5. The first-order valence-electron chi connectivity index (χ1n) is 9.85. The third-order valence-electron chi connectivity index (χ3n) is 4.96. The molecular weight excluding hydrogens is 388 g/mol. The van der Waals surface area contributed by atoms with Gasteiger partial charge >= 0.3 is 5.69 Å². The van der Waals surface area contributed by atoms with Gasteiger partial charge in [-0.05, 0) is 38.5 Å². The topological polar surface area (TPSA) is 97.6 Å². The van der Waals surface area contributed by atoms with Crippen molar-refractivity contribution in [3.05, 3.63) is 49.9 Å². The Kier molecular flexibility index (Phi) is 5.23. The highest BCUT2D eigenvalue weighted by Gasteiger charge is 2.17. The molecule has 0 radical (unpaired) electrons. The number of aryl methyl sites for hydroxylation is 3. The van der Waals surface area contributed by atoms with E-state index in [1.54, 1.807) is 15.9 Å². The van der Waals surface area contributed by atoms with Gasteiger partial charge in [0.1, 0.15) is 5.82 Å². The van der Waals surface area contributed by atoms with Gasteiger partial charge in [0.25, 0.3) is 5.56 Å². The van der Waals surface area contributed by atoms with Crippen molar-refractivity contribution in [3.63, 3.8) is 0 Å². The second-order valence-corrected chi connectivity index (χ2v) is 8.21. The van der Waals surface area contributed by atoms with Gasteiger partial charge in [-0.15, -0.1) is 11.3 Å². The van der Waals surface area contributed by atoms with Gasteiger partial charge in [-0.2, -0.15) is 0 Å². The van der Waals surface area contributed by atoms with Crippen molar-refractivity contribution in [2.45, 2.75) is 53.2 Å². The molecule has 0 fully saturated rings. The Morgan fingerprint density at radius 1 is 1.17 bits per heavy atom. The first-order chi connectivity index (χ1) is 14.0. The largest absolute Gasteiger partial charge is 0.378 e. The Hall–Kier alpha value is -2.94. The van der Waals surface area contributed by atoms with Crippen LogP contribution in [-0.4, -0.2) is 24.1 Å². The van der Waals surface area contributed by atoms with E-state index in [0.29, 0.717) is 30.8 Å². The van der Waals surface area contributed by atoms with E-state index in [4.69, 9.17) is 0 Å². The zero-order chi connectivity index (χ0) is 20.5. The van der Waals surface area contributed by atoms with Crippen LogP contribution in [-0.2, 0) is 19.6 Å². The number of aromatic amines is 1. The fraction of sp³-hybridized carbons (Fsp3) is 0.400. The minimum absolute atomic E-state index is 0.389. The lowest BCUT2D eigenvalue weighted by molar-refractivity contribution is 0.613. The van der Waals surface area contributed by atoms with Crippen molar-refractivity contribution in [1.82, 2.24) is 24.1 Å². The molecule has 29 heavy (non-hydrogen) atoms. The molecular formula is C20H24N6O2S. The first kappa shape index (κ1) is 19.4. The Bertz CT molecular complexity index is 1300. The second-order valence-electron chi connectivity index (χ2n) is 6.98. The van der Waals surface area contributed by atoms with Gasteiger partial charge in [0.05, 0.1) is 21.8 Å². The minimum Gasteiger partial charge on any atom is -0.378 e. The average Bonchev–Trinajstić information content (AvgIpc) is 3.25. The van der Waals surface area contributed by atoms with Crippen molar-refractivity contribution in [1.29, 1.82) is 0 Å². The Morgan fingerprint density at radius 3 is 2.76 bits per heavy atom. The summed E-state index contributed by atoms with van der Waals surface area (Å²) < 4.78 is 4.57. The summed E-state index contributed by atoms with van der Waals surface area (Å²) in [6, 6.07) is 6.06. The van der Waals surface area contributed by atoms with Crippen molar-refractivity contribution in [2.24, 2.45) is 0 Å². The van der Waals surface area contributed by atoms with Crippen LogP contribution in [0.15, 0.2) is 27.8 Å². The molecule has 3 aromatic heterocycles. The summed E-state index contributed by atoms with van der Waals surface area (Å²) in [5, 5.41) is 4.43. The fourth-order valence-electron chi connectivity index (χ4n) is 3.55. The smallest absolute Gasteiger partial charge is 0.330 e. The van der Waals surface area contributed by atoms with Gasteiger partial charge in [-0.1, -0.05) is 13.3 Å². The standard InChI is InChI=1S/C20H24N6O2S/c1-4-6-9-26-18-17(19(27)24-20(26)28)25(5-2)16(23-18)11-21-13-7-8-14-15(10-13)29-12(3)22-14/h7-8,10,21H,4-6,9,11H2,1-3H3,(H,24,27,28). The molecule has 3 heterocycles. The average molecular weight is 413 g/mol. The van der Waals surface area contributed by atoms with E-state index in [2.05, 4.69) is 33.3 Å². The van der Waals surface area contributed by atoms with Crippen LogP contribution in [0.4, 0.5) is 5.69 Å². The molecule has 152 valence electrons. The number of rotatable bonds is 7. The molecule has 4 aromatic rings. The number of fused-ring (bicyclic) bond motifs is 2. The number of H-pyrrole nitrogens is 1. The maximum Gasteiger partial charge on any atom is 0.330 e. The summed E-state index contributed by atoms with van der Waals surface area (Å²) in [5.74, 6) is 0.726. The predicted molar refractivity (Wildman–Crippen MR) is 117 cm³/mol. The fourth-order valence-corrected chi connectivity index (χ4v) is 4.41. The molecule has 0 spiro atoms. The maximum atomic E-state index is 12.5. The highest BCUT2D eigenvalue weighted by Crippen LogP contribution is 2.25. The normalized spacial score (nSPS) is 11.6. The molecule has 4 rings (SSSR count). The number of benzene rings is 1. The molecule has 9 heteroatoms. The number of imidazole rings is 1. The molecule has 2 N–H and O–H groups in total. The second kappa shape index (κ2) is 7.82. The third kappa shape index (κ3) is 3.57. The number of hydrogen-bond donors (Lipinski definition) is 2. The first-order valence-corrected chi connectivity index (χ1v) is 10.7. The molecule has 0 aliphatic rings. The van der Waals surface area contributed by atoms with Crippen LogP contribution in [0.3, 0.4) is 0 Å². The van der Waals surface area contributed by atoms with E-state index in [-0.39, 0.29) is 5.56 Å². The number of unbranched alkanes of at least 4 members (excludes halogenated alkanes) is 1. The van der Waals surface area contributed by atoms with Crippen molar-refractivity contribution in [3.8, 4) is 0 Å². The lowest BCUT2D eigenvalue weighted by Crippen LogP contribution is -2.31. The van der Waals surface area contributed by atoms with Gasteiger partial charge in [-0.3, -0.25) is 14.3 Å². The molecule has 0 unspecified atom stereocenters. The minimum atomic E-state index is -0.401. The Morgan fingerprint density at radius 2 is 2.00 bits per heavy atom. The summed E-state index contributed by atoms with van der Waals surface area (Å²) in [6.07, 6.45) is 1.80. The van der Waals surface area contributed by atoms with Crippen molar-refractivity contribution >= 4 is 38.4 Å². The Balaban J connectivity index is 1.71. The van der Waals surface area contributed by atoms with Gasteiger partial charge in [-0.25, -0.2) is 14.8 Å². The summed E-state index contributed by atoms with van der Waals surface area (Å²) in [5.41, 5.74) is 2.08. The van der Waals surface area contributed by atoms with Crippen LogP contribution in [0.1, 0.15) is 37.5 Å². The Labute approximate surface area is 171 Å². The monoisotopic (exact) mass is 412 g/mol. The van der Waals surface area contributed by atoms with Crippen molar-refractivity contribution in [2.75, 3.05) is 5.32 Å². The van der Waals surface area contributed by atoms with Crippen molar-refractivity contribution < 1.29 is 0 Å². The predicted octanol–water partition coefficient (Wildman–Crippen LogP) is 3.24. The molecule has 8 nitrogen and oxygen atoms in total. The van der Waals surface area contributed by atoms with E-state index in [1.807, 2.05) is 30.5 Å². The highest BCUT2D eigenvalue weighted by atomic mass is 32.1. The lowest BCUT2D eigenvalue weighted by atomic mass is 10.3. The van der Waals surface area contributed by atoms with E-state index in [0.717, 1.165) is 39.6 Å². The molecule has 0 bridgehead atoms. The number of thiazole rings is 1. The van der Waals surface area contributed by atoms with Gasteiger partial charge < -0.3 is 9.88 Å². The van der Waals surface area contributed by atoms with Gasteiger partial charge in [0.15, 0.2) is 11.2 Å². The van der Waals surface area contributed by atoms with E-state index < -0.39 is 5.69 Å². The van der Waals surface area contributed by atoms with E-state index in [9.17, 15) is 9.59 Å². The van der Waals surface area contributed by atoms with Gasteiger partial charge in [0.2, 0.25) is 0 Å². The summed E-state index contributed by atoms with van der Waals surface area (Å²) >= 11 is 1.66.